The van der Waals surface area contributed by atoms with E-state index in [1.807, 2.05) is 0 Å². The van der Waals surface area contributed by atoms with Crippen LogP contribution in [0.15, 0.2) is 36.4 Å². The van der Waals surface area contributed by atoms with Gasteiger partial charge in [0.05, 0.1) is 5.69 Å². The van der Waals surface area contributed by atoms with Gasteiger partial charge in [-0.05, 0) is 50.5 Å². The van der Waals surface area contributed by atoms with Crippen molar-refractivity contribution in [1.82, 2.24) is 4.98 Å². The molecular weight excluding hydrogens is 218 g/mol. The van der Waals surface area contributed by atoms with Crippen molar-refractivity contribution in [2.75, 3.05) is 0 Å². The second kappa shape index (κ2) is 4.41. The second-order valence-corrected chi connectivity index (χ2v) is 5.05. The summed E-state index contributed by atoms with van der Waals surface area (Å²) in [5.74, 6) is 0. The van der Waals surface area contributed by atoms with Gasteiger partial charge in [-0.25, -0.2) is 0 Å². The molecule has 0 N–H and O–H groups in total. The van der Waals surface area contributed by atoms with Gasteiger partial charge in [0, 0.05) is 11.3 Å². The molecule has 1 aliphatic rings. The Morgan fingerprint density at radius 2 is 1.78 bits per heavy atom. The van der Waals surface area contributed by atoms with Gasteiger partial charge in [-0.15, -0.1) is 0 Å². The highest BCUT2D eigenvalue weighted by atomic mass is 14.7. The van der Waals surface area contributed by atoms with Crippen molar-refractivity contribution in [1.29, 1.82) is 0 Å². The molecule has 1 aromatic carbocycles. The summed E-state index contributed by atoms with van der Waals surface area (Å²) in [6.45, 7) is 4.27. The lowest BCUT2D eigenvalue weighted by Gasteiger charge is -2.12. The molecule has 2 aromatic rings. The average molecular weight is 235 g/mol. The number of fused-ring (bicyclic) bond motifs is 1. The zero-order chi connectivity index (χ0) is 12.5. The van der Waals surface area contributed by atoms with Crippen LogP contribution in [0.2, 0.25) is 0 Å². The van der Waals surface area contributed by atoms with E-state index in [4.69, 9.17) is 4.98 Å². The van der Waals surface area contributed by atoms with E-state index in [0.29, 0.717) is 0 Å². The summed E-state index contributed by atoms with van der Waals surface area (Å²) in [6.07, 6.45) is 6.57. The van der Waals surface area contributed by atoms with Crippen molar-refractivity contribution in [3.05, 3.63) is 58.8 Å². The van der Waals surface area contributed by atoms with E-state index in [9.17, 15) is 0 Å². The quantitative estimate of drug-likeness (QED) is 0.717. The fourth-order valence-corrected chi connectivity index (χ4v) is 2.58. The van der Waals surface area contributed by atoms with Gasteiger partial charge in [-0.3, -0.25) is 4.98 Å². The van der Waals surface area contributed by atoms with E-state index in [-0.39, 0.29) is 0 Å². The molecule has 18 heavy (non-hydrogen) atoms. The summed E-state index contributed by atoms with van der Waals surface area (Å²) in [4.78, 5) is 4.81. The predicted octanol–water partition coefficient (Wildman–Crippen LogP) is 4.32. The normalized spacial score (nSPS) is 13.4. The van der Waals surface area contributed by atoms with Gasteiger partial charge < -0.3 is 0 Å². The zero-order valence-electron chi connectivity index (χ0n) is 10.9. The minimum atomic E-state index is 1.06. The highest BCUT2D eigenvalue weighted by molar-refractivity contribution is 5.64. The first-order valence-corrected chi connectivity index (χ1v) is 6.47. The first-order valence-electron chi connectivity index (χ1n) is 6.47. The van der Waals surface area contributed by atoms with Gasteiger partial charge in [0.15, 0.2) is 0 Å². The number of rotatable bonds is 1. The molecule has 0 amide bonds. The lowest BCUT2D eigenvalue weighted by Crippen LogP contribution is -1.99. The van der Waals surface area contributed by atoms with E-state index < -0.39 is 0 Å². The summed E-state index contributed by atoms with van der Waals surface area (Å²) in [5, 5.41) is 0. The number of aromatic nitrogens is 1. The molecule has 90 valence electrons. The van der Waals surface area contributed by atoms with Crippen LogP contribution in [0, 0.1) is 13.8 Å². The van der Waals surface area contributed by atoms with Gasteiger partial charge >= 0.3 is 0 Å². The summed E-state index contributed by atoms with van der Waals surface area (Å²) in [6, 6.07) is 10.9. The maximum Gasteiger partial charge on any atom is 0.0705 e. The number of allylic oxidation sites excluding steroid dienone is 1. The maximum absolute atomic E-state index is 4.81. The van der Waals surface area contributed by atoms with E-state index in [1.54, 1.807) is 0 Å². The molecule has 1 nitrogen and oxygen atoms in total. The number of hydrogen-bond donors (Lipinski definition) is 0. The average Bonchev–Trinajstić information content (AvgIpc) is 2.37. The fourth-order valence-electron chi connectivity index (χ4n) is 2.58. The third-order valence-corrected chi connectivity index (χ3v) is 3.37. The fraction of sp³-hybridized carbons (Fsp3) is 0.235. The monoisotopic (exact) mass is 235 g/mol. The van der Waals surface area contributed by atoms with Crippen LogP contribution in [-0.4, -0.2) is 4.98 Å². The van der Waals surface area contributed by atoms with E-state index >= 15 is 0 Å². The molecule has 0 atom stereocenters. The van der Waals surface area contributed by atoms with Crippen molar-refractivity contribution in [2.24, 2.45) is 0 Å². The van der Waals surface area contributed by atoms with Crippen molar-refractivity contribution in [3.8, 4) is 11.3 Å². The Labute approximate surface area is 108 Å². The SMILES string of the molecule is Cc1cc(C)cc(-c2ccc3c(n2)CCC=C3)c1. The van der Waals surface area contributed by atoms with E-state index in [1.165, 1.54) is 27.9 Å². The maximum atomic E-state index is 4.81. The smallest absolute Gasteiger partial charge is 0.0705 e. The van der Waals surface area contributed by atoms with Crippen LogP contribution >= 0.6 is 0 Å². The Morgan fingerprint density at radius 1 is 1.00 bits per heavy atom. The summed E-state index contributed by atoms with van der Waals surface area (Å²) in [5.41, 5.74) is 7.41. The van der Waals surface area contributed by atoms with Crippen molar-refractivity contribution >= 4 is 6.08 Å². The molecule has 0 unspecified atom stereocenters. The molecule has 0 fully saturated rings. The van der Waals surface area contributed by atoms with Crippen LogP contribution in [0.25, 0.3) is 17.3 Å². The van der Waals surface area contributed by atoms with Crippen LogP contribution in [0.1, 0.15) is 28.8 Å². The Kier molecular flexibility index (Phi) is 2.75. The Bertz CT molecular complexity index is 603. The number of nitrogens with zero attached hydrogens (tertiary/aromatic N) is 1. The van der Waals surface area contributed by atoms with E-state index in [2.05, 4.69) is 56.3 Å². The van der Waals surface area contributed by atoms with Crippen molar-refractivity contribution < 1.29 is 0 Å². The Morgan fingerprint density at radius 3 is 2.56 bits per heavy atom. The van der Waals surface area contributed by atoms with Crippen molar-refractivity contribution in [2.45, 2.75) is 26.7 Å². The molecule has 0 saturated heterocycles. The summed E-state index contributed by atoms with van der Waals surface area (Å²) in [7, 11) is 0. The first-order chi connectivity index (χ1) is 8.72. The molecule has 0 bridgehead atoms. The van der Waals surface area contributed by atoms with Gasteiger partial charge in [-0.2, -0.15) is 0 Å². The van der Waals surface area contributed by atoms with Crippen LogP contribution in [0.4, 0.5) is 0 Å². The molecule has 1 heterocycles. The minimum Gasteiger partial charge on any atom is -0.252 e. The highest BCUT2D eigenvalue weighted by Gasteiger charge is 2.08. The number of aryl methyl sites for hydroxylation is 3. The Balaban J connectivity index is 2.09. The molecule has 1 aliphatic carbocycles. The van der Waals surface area contributed by atoms with E-state index in [0.717, 1.165) is 18.5 Å². The first kappa shape index (κ1) is 11.2. The van der Waals surface area contributed by atoms with Gasteiger partial charge in [0.2, 0.25) is 0 Å². The molecule has 0 aliphatic heterocycles. The lowest BCUT2D eigenvalue weighted by atomic mass is 10.00. The van der Waals surface area contributed by atoms with Crippen LogP contribution in [0.3, 0.4) is 0 Å². The predicted molar refractivity (Wildman–Crippen MR) is 76.5 cm³/mol. The second-order valence-electron chi connectivity index (χ2n) is 5.05. The minimum absolute atomic E-state index is 1.06. The molecule has 3 rings (SSSR count). The highest BCUT2D eigenvalue weighted by Crippen LogP contribution is 2.24. The number of pyridine rings is 1. The molecule has 1 aromatic heterocycles. The standard InChI is InChI=1S/C17H17N/c1-12-9-13(2)11-15(10-12)17-8-7-14-5-3-4-6-16(14)18-17/h3,5,7-11H,4,6H2,1-2H3. The van der Waals surface area contributed by atoms with Crippen LogP contribution < -0.4 is 0 Å². The van der Waals surface area contributed by atoms with Crippen LogP contribution in [0.5, 0.6) is 0 Å². The van der Waals surface area contributed by atoms with Crippen LogP contribution in [-0.2, 0) is 6.42 Å². The topological polar surface area (TPSA) is 12.9 Å². The molecule has 0 radical (unpaired) electrons. The third-order valence-electron chi connectivity index (χ3n) is 3.37. The molecule has 1 heteroatoms. The zero-order valence-corrected chi connectivity index (χ0v) is 10.9. The Hall–Kier alpha value is -1.89. The van der Waals surface area contributed by atoms with Gasteiger partial charge in [0.25, 0.3) is 0 Å². The summed E-state index contributed by atoms with van der Waals surface area (Å²) < 4.78 is 0. The molecule has 0 spiro atoms. The lowest BCUT2D eigenvalue weighted by molar-refractivity contribution is 0.929. The summed E-state index contributed by atoms with van der Waals surface area (Å²) >= 11 is 0. The van der Waals surface area contributed by atoms with Crippen molar-refractivity contribution in [3.63, 3.8) is 0 Å². The molecule has 0 saturated carbocycles. The number of benzene rings is 1. The third kappa shape index (κ3) is 2.08. The van der Waals surface area contributed by atoms with Gasteiger partial charge in [0.1, 0.15) is 0 Å². The van der Waals surface area contributed by atoms with Gasteiger partial charge in [-0.1, -0.05) is 35.4 Å². The largest absolute Gasteiger partial charge is 0.252 e. The molecular formula is C17H17N. The number of hydrogen-bond acceptors (Lipinski definition) is 1.